The topological polar surface area (TPSA) is 164 Å². The number of esters is 1. The highest BCUT2D eigenvalue weighted by Gasteiger charge is 2.25. The molecule has 0 aromatic heterocycles. The molecule has 0 fully saturated rings. The summed E-state index contributed by atoms with van der Waals surface area (Å²) in [5.74, 6) is -2.20. The molecule has 0 saturated heterocycles. The number of benzene rings is 2. The number of amides is 2. The number of nitrogens with two attached hydrogens (primary N) is 1. The number of rotatable bonds is 11. The molecule has 0 aliphatic heterocycles. The largest absolute Gasteiger partial charge is 0.467 e. The minimum atomic E-state index is -1.13. The fourth-order valence-electron chi connectivity index (χ4n) is 3.15. The second kappa shape index (κ2) is 13.8. The summed E-state index contributed by atoms with van der Waals surface area (Å²) in [6, 6.07) is 9.89. The predicted molar refractivity (Wildman–Crippen MR) is 134 cm³/mol. The Morgan fingerprint density at radius 3 is 2.42 bits per heavy atom. The Kier molecular flexibility index (Phi) is 10.9. The summed E-state index contributed by atoms with van der Waals surface area (Å²) in [4.78, 5) is 53.0. The molecule has 2 aromatic rings. The third-order valence-electron chi connectivity index (χ3n) is 4.91. The number of nitriles is 1. The number of halogens is 2. The first-order chi connectivity index (χ1) is 17.2. The van der Waals surface area contributed by atoms with Gasteiger partial charge in [0.15, 0.2) is 5.78 Å². The average molecular weight is 532 g/mol. The number of amidine groups is 1. The number of hydrogen-bond acceptors (Lipinski definition) is 7. The van der Waals surface area contributed by atoms with E-state index in [1.165, 1.54) is 12.1 Å². The molecule has 0 aliphatic rings. The van der Waals surface area contributed by atoms with Crippen LogP contribution in [0.25, 0.3) is 0 Å². The van der Waals surface area contributed by atoms with Gasteiger partial charge in [-0.05, 0) is 36.2 Å². The van der Waals surface area contributed by atoms with E-state index in [1.807, 2.05) is 0 Å². The second-order valence-electron chi connectivity index (χ2n) is 7.49. The van der Waals surface area contributed by atoms with Crippen LogP contribution in [0.1, 0.15) is 39.1 Å². The van der Waals surface area contributed by atoms with Gasteiger partial charge in [0.2, 0.25) is 6.19 Å². The van der Waals surface area contributed by atoms with Gasteiger partial charge in [0, 0.05) is 18.4 Å². The Morgan fingerprint density at radius 2 is 1.78 bits per heavy atom. The maximum Gasteiger partial charge on any atom is 0.328 e. The molecule has 4 N–H and O–H groups in total. The van der Waals surface area contributed by atoms with E-state index in [1.54, 1.807) is 36.5 Å². The Bertz CT molecular complexity index is 1210. The molecule has 188 valence electrons. The predicted octanol–water partition coefficient (Wildman–Crippen LogP) is 2.42. The van der Waals surface area contributed by atoms with Crippen molar-refractivity contribution in [1.29, 1.82) is 5.26 Å². The Hall–Kier alpha value is -3.94. The Morgan fingerprint density at radius 1 is 1.11 bits per heavy atom. The number of hydrogen-bond donors (Lipinski definition) is 3. The minimum Gasteiger partial charge on any atom is -0.467 e. The van der Waals surface area contributed by atoms with Crippen molar-refractivity contribution in [2.24, 2.45) is 10.7 Å². The van der Waals surface area contributed by atoms with E-state index in [9.17, 15) is 19.2 Å². The highest BCUT2D eigenvalue weighted by molar-refractivity contribution is 6.39. The molecule has 2 rings (SSSR count). The van der Waals surface area contributed by atoms with Crippen molar-refractivity contribution in [2.75, 3.05) is 13.7 Å². The standard InChI is InChI=1S/C24H23Cl2N5O5/c1-36-24(35)19(31-23(34)21-17(25)6-3-7-18(21)26)9-8-16(32)12-29-22(33)15-5-2-4-14(10-15)11-20(28)30-13-27/h2-7,10,19H,8-9,11-12H2,1H3,(H2,28,30)(H,29,33)(H,31,34)/t19-/m0/s1. The van der Waals surface area contributed by atoms with Gasteiger partial charge < -0.3 is 21.1 Å². The molecular formula is C24H23Cl2N5O5. The molecule has 2 amide bonds. The molecule has 0 radical (unpaired) electrons. The van der Waals surface area contributed by atoms with E-state index in [0.717, 1.165) is 7.11 Å². The highest BCUT2D eigenvalue weighted by atomic mass is 35.5. The van der Waals surface area contributed by atoms with Crippen molar-refractivity contribution in [2.45, 2.75) is 25.3 Å². The van der Waals surface area contributed by atoms with Crippen LogP contribution in [0.2, 0.25) is 10.0 Å². The van der Waals surface area contributed by atoms with Crippen molar-refractivity contribution in [1.82, 2.24) is 10.6 Å². The second-order valence-corrected chi connectivity index (χ2v) is 8.30. The zero-order valence-electron chi connectivity index (χ0n) is 19.2. The van der Waals surface area contributed by atoms with Crippen LogP contribution in [0.3, 0.4) is 0 Å². The monoisotopic (exact) mass is 531 g/mol. The fraction of sp³-hybridized carbons (Fsp3) is 0.250. The van der Waals surface area contributed by atoms with Crippen LogP contribution in [0.15, 0.2) is 47.5 Å². The maximum absolute atomic E-state index is 12.6. The molecule has 0 unspecified atom stereocenters. The van der Waals surface area contributed by atoms with Crippen LogP contribution < -0.4 is 16.4 Å². The molecule has 0 saturated carbocycles. The van der Waals surface area contributed by atoms with E-state index in [2.05, 4.69) is 15.6 Å². The van der Waals surface area contributed by atoms with Crippen LogP contribution in [0.4, 0.5) is 0 Å². The lowest BCUT2D eigenvalue weighted by molar-refractivity contribution is -0.143. The average Bonchev–Trinajstić information content (AvgIpc) is 2.84. The summed E-state index contributed by atoms with van der Waals surface area (Å²) < 4.78 is 4.72. The first-order valence-electron chi connectivity index (χ1n) is 10.6. The van der Waals surface area contributed by atoms with Crippen LogP contribution in [-0.4, -0.2) is 49.1 Å². The molecule has 0 bridgehead atoms. The normalized spacial score (nSPS) is 11.7. The summed E-state index contributed by atoms with van der Waals surface area (Å²) in [7, 11) is 1.15. The number of nitrogens with zero attached hydrogens (tertiary/aromatic N) is 2. The molecule has 2 aromatic carbocycles. The van der Waals surface area contributed by atoms with Gasteiger partial charge in [0.1, 0.15) is 11.9 Å². The van der Waals surface area contributed by atoms with E-state index in [-0.39, 0.29) is 53.0 Å². The van der Waals surface area contributed by atoms with Gasteiger partial charge in [0.25, 0.3) is 11.8 Å². The van der Waals surface area contributed by atoms with E-state index >= 15 is 0 Å². The molecule has 0 spiro atoms. The molecule has 10 nitrogen and oxygen atoms in total. The molecular weight excluding hydrogens is 509 g/mol. The summed E-state index contributed by atoms with van der Waals surface area (Å²) in [6.45, 7) is -0.292. The summed E-state index contributed by atoms with van der Waals surface area (Å²) in [5.41, 5.74) is 6.57. The van der Waals surface area contributed by atoms with Gasteiger partial charge in [-0.25, -0.2) is 4.79 Å². The van der Waals surface area contributed by atoms with Crippen LogP contribution in [-0.2, 0) is 20.7 Å². The number of Topliss-reactive ketones (excluding diaryl/α,β-unsaturated/α-hetero) is 1. The molecule has 12 heteroatoms. The van der Waals surface area contributed by atoms with Gasteiger partial charge >= 0.3 is 5.97 Å². The van der Waals surface area contributed by atoms with Crippen molar-refractivity contribution in [3.05, 3.63) is 69.2 Å². The first-order valence-corrected chi connectivity index (χ1v) is 11.3. The number of methoxy groups -OCH3 is 1. The van der Waals surface area contributed by atoms with Gasteiger partial charge in [-0.1, -0.05) is 41.4 Å². The smallest absolute Gasteiger partial charge is 0.328 e. The molecule has 36 heavy (non-hydrogen) atoms. The van der Waals surface area contributed by atoms with Crippen molar-refractivity contribution < 1.29 is 23.9 Å². The lowest BCUT2D eigenvalue weighted by Crippen LogP contribution is -2.42. The van der Waals surface area contributed by atoms with Gasteiger partial charge in [-0.2, -0.15) is 10.3 Å². The summed E-state index contributed by atoms with van der Waals surface area (Å²) in [5, 5.41) is 13.7. The fourth-order valence-corrected chi connectivity index (χ4v) is 3.72. The van der Waals surface area contributed by atoms with E-state index in [0.29, 0.717) is 11.1 Å². The molecule has 0 heterocycles. The summed E-state index contributed by atoms with van der Waals surface area (Å²) in [6.07, 6.45) is 1.59. The van der Waals surface area contributed by atoms with Crippen molar-refractivity contribution >= 4 is 52.6 Å². The zero-order chi connectivity index (χ0) is 26.7. The SMILES string of the molecule is COC(=O)[C@H](CCC(=O)CNC(=O)c1cccc(CC(N)=NC#N)c1)NC(=O)c1c(Cl)cccc1Cl. The quantitative estimate of drug-likeness (QED) is 0.173. The third kappa shape index (κ3) is 8.37. The van der Waals surface area contributed by atoms with Crippen LogP contribution in [0.5, 0.6) is 0 Å². The highest BCUT2D eigenvalue weighted by Crippen LogP contribution is 2.24. The molecule has 0 aliphatic carbocycles. The van der Waals surface area contributed by atoms with Crippen LogP contribution in [0, 0.1) is 11.5 Å². The van der Waals surface area contributed by atoms with E-state index < -0.39 is 23.8 Å². The number of ether oxygens (including phenoxy) is 1. The number of ketones is 1. The maximum atomic E-state index is 12.6. The van der Waals surface area contributed by atoms with Gasteiger partial charge in [0.05, 0.1) is 29.3 Å². The van der Waals surface area contributed by atoms with Crippen molar-refractivity contribution in [3.8, 4) is 6.19 Å². The van der Waals surface area contributed by atoms with Gasteiger partial charge in [-0.15, -0.1) is 0 Å². The van der Waals surface area contributed by atoms with E-state index in [4.69, 9.17) is 38.9 Å². The Balaban J connectivity index is 1.94. The number of nitrogens with one attached hydrogen (secondary N) is 2. The van der Waals surface area contributed by atoms with Gasteiger partial charge in [-0.3, -0.25) is 14.4 Å². The summed E-state index contributed by atoms with van der Waals surface area (Å²) >= 11 is 12.1. The first kappa shape index (κ1) is 28.3. The zero-order valence-corrected chi connectivity index (χ0v) is 20.7. The molecule has 1 atom stereocenters. The number of carbonyl (C=O) groups excluding carboxylic acids is 4. The Labute approximate surface area is 217 Å². The third-order valence-corrected chi connectivity index (χ3v) is 5.54. The minimum absolute atomic E-state index is 0.00351. The lowest BCUT2D eigenvalue weighted by Gasteiger charge is -2.17. The number of carbonyl (C=O) groups is 4. The van der Waals surface area contributed by atoms with Crippen LogP contribution >= 0.6 is 23.2 Å². The lowest BCUT2D eigenvalue weighted by atomic mass is 10.1. The number of aliphatic imine (C=N–C) groups is 1. The van der Waals surface area contributed by atoms with Crippen molar-refractivity contribution in [3.63, 3.8) is 0 Å².